The number of nitrogens with one attached hydrogen (secondary N) is 4. The maximum atomic E-state index is 12.0. The van der Waals surface area contributed by atoms with Crippen molar-refractivity contribution < 1.29 is 14.4 Å². The molecule has 0 unspecified atom stereocenters. The van der Waals surface area contributed by atoms with Crippen LogP contribution < -0.4 is 21.5 Å². The van der Waals surface area contributed by atoms with Gasteiger partial charge < -0.3 is 10.6 Å². The molecule has 0 aromatic heterocycles. The molecule has 0 aliphatic carbocycles. The molecule has 0 bridgehead atoms. The molecule has 0 radical (unpaired) electrons. The lowest BCUT2D eigenvalue weighted by Gasteiger charge is -2.10. The SMILES string of the molecule is CNC(=O)c1ccc(CNC(=O)NNC(=O)c2ccccc2C)cc1. The van der Waals surface area contributed by atoms with E-state index in [1.165, 1.54) is 0 Å². The van der Waals surface area contributed by atoms with Crippen LogP contribution in [0.4, 0.5) is 4.79 Å². The Bertz CT molecular complexity index is 772. The molecule has 2 aromatic rings. The van der Waals surface area contributed by atoms with Gasteiger partial charge in [0.1, 0.15) is 0 Å². The number of carbonyl (C=O) groups excluding carboxylic acids is 3. The van der Waals surface area contributed by atoms with Gasteiger partial charge in [-0.05, 0) is 36.2 Å². The van der Waals surface area contributed by atoms with Gasteiger partial charge in [-0.2, -0.15) is 0 Å². The number of benzene rings is 2. The summed E-state index contributed by atoms with van der Waals surface area (Å²) in [6.07, 6.45) is 0. The average molecular weight is 340 g/mol. The largest absolute Gasteiger partial charge is 0.355 e. The number of rotatable bonds is 4. The fraction of sp³-hybridized carbons (Fsp3) is 0.167. The minimum atomic E-state index is -0.530. The van der Waals surface area contributed by atoms with Crippen molar-refractivity contribution in [2.45, 2.75) is 13.5 Å². The Labute approximate surface area is 145 Å². The Morgan fingerprint density at radius 2 is 1.56 bits per heavy atom. The van der Waals surface area contributed by atoms with Gasteiger partial charge in [0, 0.05) is 24.7 Å². The van der Waals surface area contributed by atoms with Crippen molar-refractivity contribution >= 4 is 17.8 Å². The van der Waals surface area contributed by atoms with Gasteiger partial charge in [-0.1, -0.05) is 30.3 Å². The van der Waals surface area contributed by atoms with Crippen LogP contribution in [-0.2, 0) is 6.54 Å². The second kappa shape index (κ2) is 8.49. The van der Waals surface area contributed by atoms with E-state index in [9.17, 15) is 14.4 Å². The molecule has 4 N–H and O–H groups in total. The van der Waals surface area contributed by atoms with Crippen LogP contribution in [0.25, 0.3) is 0 Å². The molecule has 0 aliphatic rings. The number of carbonyl (C=O) groups is 3. The zero-order chi connectivity index (χ0) is 18.2. The highest BCUT2D eigenvalue weighted by molar-refractivity contribution is 5.96. The average Bonchev–Trinajstić information content (AvgIpc) is 2.64. The Morgan fingerprint density at radius 3 is 2.20 bits per heavy atom. The van der Waals surface area contributed by atoms with Crippen LogP contribution in [0.1, 0.15) is 31.8 Å². The lowest BCUT2D eigenvalue weighted by atomic mass is 10.1. The summed E-state index contributed by atoms with van der Waals surface area (Å²) in [4.78, 5) is 35.2. The molecular formula is C18H20N4O3. The van der Waals surface area contributed by atoms with Crippen molar-refractivity contribution in [1.29, 1.82) is 0 Å². The molecule has 7 nitrogen and oxygen atoms in total. The Kier molecular flexibility index (Phi) is 6.11. The molecule has 2 rings (SSSR count). The summed E-state index contributed by atoms with van der Waals surface area (Å²) in [7, 11) is 1.56. The number of aryl methyl sites for hydroxylation is 1. The molecule has 4 amide bonds. The van der Waals surface area contributed by atoms with Crippen LogP contribution >= 0.6 is 0 Å². The molecule has 7 heteroatoms. The standard InChI is InChI=1S/C18H20N4O3/c1-12-5-3-4-6-15(12)17(24)21-22-18(25)20-11-13-7-9-14(10-8-13)16(23)19-2/h3-10H,11H2,1-2H3,(H,19,23)(H,21,24)(H2,20,22,25). The lowest BCUT2D eigenvalue weighted by Crippen LogP contribution is -2.46. The summed E-state index contributed by atoms with van der Waals surface area (Å²) in [5, 5.41) is 5.15. The fourth-order valence-corrected chi connectivity index (χ4v) is 2.15. The summed E-state index contributed by atoms with van der Waals surface area (Å²) >= 11 is 0. The predicted octanol–water partition coefficient (Wildman–Crippen LogP) is 1.50. The Hall–Kier alpha value is -3.35. The van der Waals surface area contributed by atoms with E-state index < -0.39 is 6.03 Å². The van der Waals surface area contributed by atoms with E-state index in [2.05, 4.69) is 21.5 Å². The normalized spacial score (nSPS) is 9.84. The molecule has 2 aromatic carbocycles. The first-order chi connectivity index (χ1) is 12.0. The smallest absolute Gasteiger partial charge is 0.333 e. The zero-order valence-corrected chi connectivity index (χ0v) is 14.1. The van der Waals surface area contributed by atoms with E-state index >= 15 is 0 Å². The topological polar surface area (TPSA) is 99.3 Å². The summed E-state index contributed by atoms with van der Waals surface area (Å²) in [5.41, 5.74) is 7.34. The van der Waals surface area contributed by atoms with E-state index in [1.807, 2.05) is 19.1 Å². The van der Waals surface area contributed by atoms with E-state index in [1.54, 1.807) is 43.4 Å². The van der Waals surface area contributed by atoms with E-state index in [4.69, 9.17) is 0 Å². The number of hydrogen-bond acceptors (Lipinski definition) is 3. The first kappa shape index (κ1) is 18.0. The van der Waals surface area contributed by atoms with Gasteiger partial charge in [-0.25, -0.2) is 10.2 Å². The highest BCUT2D eigenvalue weighted by atomic mass is 16.2. The molecule has 25 heavy (non-hydrogen) atoms. The van der Waals surface area contributed by atoms with Crippen LogP contribution in [0.15, 0.2) is 48.5 Å². The van der Waals surface area contributed by atoms with Gasteiger partial charge >= 0.3 is 6.03 Å². The molecule has 0 fully saturated rings. The number of amides is 4. The summed E-state index contributed by atoms with van der Waals surface area (Å²) in [5.74, 6) is -0.556. The van der Waals surface area contributed by atoms with E-state index in [-0.39, 0.29) is 18.4 Å². The van der Waals surface area contributed by atoms with Crippen molar-refractivity contribution in [3.63, 3.8) is 0 Å². The van der Waals surface area contributed by atoms with Crippen molar-refractivity contribution in [2.75, 3.05) is 7.05 Å². The molecule has 130 valence electrons. The Balaban J connectivity index is 1.80. The highest BCUT2D eigenvalue weighted by Crippen LogP contribution is 2.06. The van der Waals surface area contributed by atoms with Gasteiger partial charge in [-0.15, -0.1) is 0 Å². The molecular weight excluding hydrogens is 320 g/mol. The minimum absolute atomic E-state index is 0.170. The first-order valence-corrected chi connectivity index (χ1v) is 7.72. The molecule has 0 atom stereocenters. The van der Waals surface area contributed by atoms with Gasteiger partial charge in [0.25, 0.3) is 11.8 Å². The van der Waals surface area contributed by atoms with Gasteiger partial charge in [0.05, 0.1) is 0 Å². The van der Waals surface area contributed by atoms with E-state index in [0.29, 0.717) is 11.1 Å². The lowest BCUT2D eigenvalue weighted by molar-refractivity contribution is 0.0934. The van der Waals surface area contributed by atoms with Crippen molar-refractivity contribution in [3.8, 4) is 0 Å². The summed E-state index contributed by atoms with van der Waals surface area (Å²) in [6, 6.07) is 13.4. The fourth-order valence-electron chi connectivity index (χ4n) is 2.15. The van der Waals surface area contributed by atoms with Crippen LogP contribution in [0.3, 0.4) is 0 Å². The van der Waals surface area contributed by atoms with E-state index in [0.717, 1.165) is 11.1 Å². The zero-order valence-electron chi connectivity index (χ0n) is 14.1. The monoisotopic (exact) mass is 340 g/mol. The van der Waals surface area contributed by atoms with Crippen LogP contribution in [0.2, 0.25) is 0 Å². The van der Waals surface area contributed by atoms with Crippen molar-refractivity contribution in [3.05, 3.63) is 70.8 Å². The molecule has 0 saturated carbocycles. The minimum Gasteiger partial charge on any atom is -0.355 e. The van der Waals surface area contributed by atoms with Gasteiger partial charge in [0.2, 0.25) is 0 Å². The third-order valence-electron chi connectivity index (χ3n) is 3.58. The second-order valence-corrected chi connectivity index (χ2v) is 5.35. The number of urea groups is 1. The molecule has 0 saturated heterocycles. The quantitative estimate of drug-likeness (QED) is 0.635. The number of hydrazine groups is 1. The molecule has 0 aliphatic heterocycles. The number of hydrogen-bond donors (Lipinski definition) is 4. The molecule has 0 heterocycles. The maximum Gasteiger partial charge on any atom is 0.333 e. The van der Waals surface area contributed by atoms with Crippen LogP contribution in [-0.4, -0.2) is 24.9 Å². The highest BCUT2D eigenvalue weighted by Gasteiger charge is 2.09. The third-order valence-corrected chi connectivity index (χ3v) is 3.58. The summed E-state index contributed by atoms with van der Waals surface area (Å²) in [6.45, 7) is 2.08. The van der Waals surface area contributed by atoms with Gasteiger partial charge in [-0.3, -0.25) is 15.0 Å². The van der Waals surface area contributed by atoms with Gasteiger partial charge in [0.15, 0.2) is 0 Å². The Morgan fingerprint density at radius 1 is 0.880 bits per heavy atom. The van der Waals surface area contributed by atoms with Crippen molar-refractivity contribution in [1.82, 2.24) is 21.5 Å². The van der Waals surface area contributed by atoms with Crippen LogP contribution in [0.5, 0.6) is 0 Å². The first-order valence-electron chi connectivity index (χ1n) is 7.72. The van der Waals surface area contributed by atoms with Crippen molar-refractivity contribution in [2.24, 2.45) is 0 Å². The third kappa shape index (κ3) is 5.07. The predicted molar refractivity (Wildman–Crippen MR) is 93.8 cm³/mol. The summed E-state index contributed by atoms with van der Waals surface area (Å²) < 4.78 is 0. The second-order valence-electron chi connectivity index (χ2n) is 5.35. The maximum absolute atomic E-state index is 12.0. The molecule has 0 spiro atoms. The van der Waals surface area contributed by atoms with Crippen LogP contribution in [0, 0.1) is 6.92 Å².